The van der Waals surface area contributed by atoms with E-state index < -0.39 is 0 Å². The van der Waals surface area contributed by atoms with Gasteiger partial charge in [0.25, 0.3) is 0 Å². The van der Waals surface area contributed by atoms with E-state index in [9.17, 15) is 15.0 Å². The fourth-order valence-corrected chi connectivity index (χ4v) is 10.1. The van der Waals surface area contributed by atoms with Gasteiger partial charge in [-0.15, -0.1) is 0 Å². The van der Waals surface area contributed by atoms with Gasteiger partial charge in [0.1, 0.15) is 0 Å². The number of H-pyrrole nitrogens is 1. The zero-order valence-corrected chi connectivity index (χ0v) is 22.9. The summed E-state index contributed by atoms with van der Waals surface area (Å²) in [5, 5.41) is 26.3. The molecule has 0 radical (unpaired) electrons. The molecule has 4 fully saturated rings. The van der Waals surface area contributed by atoms with Crippen molar-refractivity contribution in [3.8, 4) is 0 Å². The largest absolute Gasteiger partial charge is 0.393 e. The van der Waals surface area contributed by atoms with Crippen LogP contribution in [0.4, 0.5) is 5.69 Å². The van der Waals surface area contributed by atoms with E-state index in [0.29, 0.717) is 41.9 Å². The lowest BCUT2D eigenvalue weighted by Gasteiger charge is -2.62. The Morgan fingerprint density at radius 2 is 1.92 bits per heavy atom. The molecule has 5 nitrogen and oxygen atoms in total. The lowest BCUT2D eigenvalue weighted by atomic mass is 9.43. The number of amides is 1. The summed E-state index contributed by atoms with van der Waals surface area (Å²) >= 11 is 0. The van der Waals surface area contributed by atoms with Crippen LogP contribution in [0.25, 0.3) is 10.9 Å². The first-order valence-electron chi connectivity index (χ1n) is 14.9. The summed E-state index contributed by atoms with van der Waals surface area (Å²) in [6.45, 7) is 7.19. The lowest BCUT2D eigenvalue weighted by molar-refractivity contribution is -0.174. The minimum absolute atomic E-state index is 0.0504. The maximum Gasteiger partial charge on any atom is 0.224 e. The average molecular weight is 507 g/mol. The smallest absolute Gasteiger partial charge is 0.224 e. The Morgan fingerprint density at radius 3 is 2.76 bits per heavy atom. The third-order valence-corrected chi connectivity index (χ3v) is 12.2. The van der Waals surface area contributed by atoms with E-state index >= 15 is 0 Å². The summed E-state index contributed by atoms with van der Waals surface area (Å²) in [5.74, 6) is 3.43. The number of carbonyl (C=O) groups excluding carboxylic acids is 1. The van der Waals surface area contributed by atoms with E-state index in [0.717, 1.165) is 48.7 Å². The first-order valence-corrected chi connectivity index (χ1v) is 14.9. The molecular formula is C32H46N2O3. The molecule has 4 aliphatic rings. The van der Waals surface area contributed by atoms with Crippen LogP contribution in [0.5, 0.6) is 0 Å². The van der Waals surface area contributed by atoms with Crippen molar-refractivity contribution in [2.45, 2.75) is 97.2 Å². The summed E-state index contributed by atoms with van der Waals surface area (Å²) in [6.07, 6.45) is 11.7. The van der Waals surface area contributed by atoms with Crippen LogP contribution in [0, 0.1) is 46.3 Å². The summed E-state index contributed by atoms with van der Waals surface area (Å²) < 4.78 is 0. The number of benzene rings is 1. The second kappa shape index (κ2) is 9.41. The van der Waals surface area contributed by atoms with Crippen molar-refractivity contribution in [1.82, 2.24) is 4.98 Å². The summed E-state index contributed by atoms with van der Waals surface area (Å²) in [7, 11) is 0. The third-order valence-electron chi connectivity index (χ3n) is 12.2. The fraction of sp³-hybridized carbons (Fsp3) is 0.719. The SMILES string of the molecule is CC(CCC(=O)Nc1cccc2[nH]ccc12)C1CCC2C3CCC4CC(O)CCC4(C)C3CC(O)C12C. The van der Waals surface area contributed by atoms with Gasteiger partial charge < -0.3 is 20.5 Å². The van der Waals surface area contributed by atoms with E-state index in [1.165, 1.54) is 25.7 Å². The first kappa shape index (κ1) is 25.4. The monoisotopic (exact) mass is 506 g/mol. The Bertz CT molecular complexity index is 1140. The van der Waals surface area contributed by atoms with Gasteiger partial charge in [-0.1, -0.05) is 26.8 Å². The molecule has 0 spiro atoms. The normalized spacial score (nSPS) is 42.0. The van der Waals surface area contributed by atoms with Crippen molar-refractivity contribution < 1.29 is 15.0 Å². The molecule has 0 bridgehead atoms. The summed E-state index contributed by atoms with van der Waals surface area (Å²) in [4.78, 5) is 16.1. The van der Waals surface area contributed by atoms with Gasteiger partial charge in [-0.2, -0.15) is 0 Å². The Hall–Kier alpha value is -1.85. The molecule has 0 saturated heterocycles. The van der Waals surface area contributed by atoms with Crippen LogP contribution in [-0.4, -0.2) is 33.3 Å². The van der Waals surface area contributed by atoms with Gasteiger partial charge in [0.15, 0.2) is 0 Å². The molecule has 10 unspecified atom stereocenters. The Morgan fingerprint density at radius 1 is 1.08 bits per heavy atom. The maximum atomic E-state index is 12.9. The van der Waals surface area contributed by atoms with Crippen molar-refractivity contribution >= 4 is 22.5 Å². The second-order valence-electron chi connectivity index (χ2n) is 13.7. The average Bonchev–Trinajstić information content (AvgIpc) is 3.50. The van der Waals surface area contributed by atoms with Crippen LogP contribution in [0.3, 0.4) is 0 Å². The van der Waals surface area contributed by atoms with Crippen LogP contribution in [0.15, 0.2) is 30.5 Å². The number of anilines is 1. The van der Waals surface area contributed by atoms with Gasteiger partial charge in [-0.3, -0.25) is 4.79 Å². The molecule has 4 aliphatic carbocycles. The molecule has 1 aromatic carbocycles. The second-order valence-corrected chi connectivity index (χ2v) is 13.7. The molecule has 4 N–H and O–H groups in total. The van der Waals surface area contributed by atoms with E-state index in [1.807, 2.05) is 30.5 Å². The molecule has 10 atom stereocenters. The van der Waals surface area contributed by atoms with Gasteiger partial charge in [0.2, 0.25) is 5.91 Å². The van der Waals surface area contributed by atoms with Crippen molar-refractivity contribution in [3.05, 3.63) is 30.5 Å². The number of aromatic amines is 1. The number of nitrogens with one attached hydrogen (secondary N) is 2. The number of fused-ring (bicyclic) bond motifs is 6. The summed E-state index contributed by atoms with van der Waals surface area (Å²) in [5.41, 5.74) is 2.13. The zero-order valence-electron chi connectivity index (χ0n) is 22.9. The molecule has 6 rings (SSSR count). The Kier molecular flexibility index (Phi) is 6.47. The molecule has 5 heteroatoms. The third kappa shape index (κ3) is 4.07. The molecule has 2 aromatic rings. The number of hydrogen-bond acceptors (Lipinski definition) is 3. The Labute approximate surface area is 221 Å². The number of rotatable bonds is 5. The van der Waals surface area contributed by atoms with E-state index in [4.69, 9.17) is 0 Å². The predicted octanol–water partition coefficient (Wildman–Crippen LogP) is 6.51. The number of hydrogen-bond donors (Lipinski definition) is 4. The van der Waals surface area contributed by atoms with Crippen molar-refractivity contribution in [2.24, 2.45) is 46.3 Å². The minimum Gasteiger partial charge on any atom is -0.393 e. The highest BCUT2D eigenvalue weighted by molar-refractivity contribution is 6.01. The van der Waals surface area contributed by atoms with Gasteiger partial charge in [0, 0.05) is 23.5 Å². The van der Waals surface area contributed by atoms with Crippen LogP contribution >= 0.6 is 0 Å². The molecule has 1 heterocycles. The molecule has 0 aliphatic heterocycles. The predicted molar refractivity (Wildman–Crippen MR) is 148 cm³/mol. The van der Waals surface area contributed by atoms with Crippen molar-refractivity contribution in [1.29, 1.82) is 0 Å². The molecule has 4 saturated carbocycles. The van der Waals surface area contributed by atoms with Gasteiger partial charge >= 0.3 is 0 Å². The molecule has 1 aromatic heterocycles. The van der Waals surface area contributed by atoms with E-state index in [2.05, 4.69) is 31.1 Å². The van der Waals surface area contributed by atoms with Gasteiger partial charge in [-0.25, -0.2) is 0 Å². The molecule has 1 amide bonds. The maximum absolute atomic E-state index is 12.9. The van der Waals surface area contributed by atoms with Crippen LogP contribution in [-0.2, 0) is 4.79 Å². The van der Waals surface area contributed by atoms with Crippen LogP contribution in [0.2, 0.25) is 0 Å². The quantitative estimate of drug-likeness (QED) is 0.373. The fourth-order valence-electron chi connectivity index (χ4n) is 10.1. The van der Waals surface area contributed by atoms with Gasteiger partial charge in [0.05, 0.1) is 17.9 Å². The molecule has 202 valence electrons. The first-order chi connectivity index (χ1) is 17.7. The number of aromatic nitrogens is 1. The van der Waals surface area contributed by atoms with Crippen molar-refractivity contribution in [3.63, 3.8) is 0 Å². The molecular weight excluding hydrogens is 460 g/mol. The highest BCUT2D eigenvalue weighted by Gasteiger charge is 2.63. The molecule has 37 heavy (non-hydrogen) atoms. The van der Waals surface area contributed by atoms with Crippen molar-refractivity contribution in [2.75, 3.05) is 5.32 Å². The lowest BCUT2D eigenvalue weighted by Crippen LogP contribution is -2.58. The standard InChI is InChI=1S/C32H46N2O3/c1-19(7-12-30(37)34-28-6-4-5-27-23(28)14-16-33-27)24-10-11-25-22-9-8-20-17-21(35)13-15-31(20,2)26(22)18-29(36)32(24,25)3/h4-6,14,16,19-22,24-26,29,33,35-36H,7-13,15,17-18H2,1-3H3,(H,34,37). The minimum atomic E-state index is -0.267. The highest BCUT2D eigenvalue weighted by atomic mass is 16.3. The van der Waals surface area contributed by atoms with E-state index in [-0.39, 0.29) is 28.9 Å². The zero-order chi connectivity index (χ0) is 25.9. The number of carbonyl (C=O) groups is 1. The van der Waals surface area contributed by atoms with E-state index in [1.54, 1.807) is 0 Å². The van der Waals surface area contributed by atoms with Gasteiger partial charge in [-0.05, 0) is 122 Å². The number of aliphatic hydroxyl groups is 2. The van der Waals surface area contributed by atoms with Crippen LogP contribution < -0.4 is 5.32 Å². The topological polar surface area (TPSA) is 85.4 Å². The highest BCUT2D eigenvalue weighted by Crippen LogP contribution is 2.68. The number of aliphatic hydroxyl groups excluding tert-OH is 2. The van der Waals surface area contributed by atoms with Crippen LogP contribution in [0.1, 0.15) is 85.0 Å². The Balaban J connectivity index is 1.12. The summed E-state index contributed by atoms with van der Waals surface area (Å²) in [6, 6.07) is 7.97.